The van der Waals surface area contributed by atoms with E-state index in [-0.39, 0.29) is 0 Å². The first-order valence-corrected chi connectivity index (χ1v) is 4.04. The maximum absolute atomic E-state index is 4.13. The van der Waals surface area contributed by atoms with Gasteiger partial charge in [-0.15, -0.1) is 0 Å². The number of fused-ring (bicyclic) bond motifs is 1. The first kappa shape index (κ1) is 6.16. The molecular formula is C7H7BrN2. The summed E-state index contributed by atoms with van der Waals surface area (Å²) in [5, 5.41) is 3.27. The number of pyridine rings is 1. The minimum Gasteiger partial charge on any atom is -0.384 e. The standard InChI is InChI=1S/C7H7BrN2/c8-7-5-1-3-9-6(5)2-4-10-7/h2,4,9H,1,3H2. The Morgan fingerprint density at radius 3 is 3.30 bits per heavy atom. The van der Waals surface area contributed by atoms with Crippen molar-refractivity contribution >= 4 is 21.6 Å². The first-order valence-electron chi connectivity index (χ1n) is 3.25. The number of nitrogens with one attached hydrogen (secondary N) is 1. The molecule has 0 bridgehead atoms. The highest BCUT2D eigenvalue weighted by molar-refractivity contribution is 9.10. The molecular weight excluding hydrogens is 192 g/mol. The molecule has 2 nitrogen and oxygen atoms in total. The monoisotopic (exact) mass is 198 g/mol. The molecule has 52 valence electrons. The molecule has 0 fully saturated rings. The van der Waals surface area contributed by atoms with Crippen molar-refractivity contribution < 1.29 is 0 Å². The summed E-state index contributed by atoms with van der Waals surface area (Å²) in [6.45, 7) is 1.04. The van der Waals surface area contributed by atoms with Crippen LogP contribution >= 0.6 is 15.9 Å². The van der Waals surface area contributed by atoms with Gasteiger partial charge in [0.1, 0.15) is 4.60 Å². The van der Waals surface area contributed by atoms with Crippen molar-refractivity contribution in [2.45, 2.75) is 6.42 Å². The maximum atomic E-state index is 4.13. The molecule has 10 heavy (non-hydrogen) atoms. The molecule has 1 aromatic rings. The summed E-state index contributed by atoms with van der Waals surface area (Å²) >= 11 is 3.40. The maximum Gasteiger partial charge on any atom is 0.111 e. The van der Waals surface area contributed by atoms with Gasteiger partial charge in [-0.05, 0) is 28.4 Å². The molecule has 0 radical (unpaired) electrons. The lowest BCUT2D eigenvalue weighted by atomic mass is 10.2. The number of nitrogens with zero attached hydrogens (tertiary/aromatic N) is 1. The second kappa shape index (κ2) is 2.23. The Hall–Kier alpha value is -0.570. The Morgan fingerprint density at radius 1 is 1.60 bits per heavy atom. The Balaban J connectivity index is 2.59. The number of rotatable bonds is 0. The van der Waals surface area contributed by atoms with Gasteiger partial charge in [0, 0.05) is 24.0 Å². The minimum atomic E-state index is 0.981. The molecule has 0 aliphatic carbocycles. The largest absolute Gasteiger partial charge is 0.384 e. The Labute approximate surface area is 67.8 Å². The van der Waals surface area contributed by atoms with Gasteiger partial charge in [-0.2, -0.15) is 0 Å². The fourth-order valence-corrected chi connectivity index (χ4v) is 1.72. The Kier molecular flexibility index (Phi) is 1.38. The highest BCUT2D eigenvalue weighted by Gasteiger charge is 2.12. The van der Waals surface area contributed by atoms with E-state index in [1.807, 2.05) is 6.07 Å². The molecule has 0 saturated carbocycles. The lowest BCUT2D eigenvalue weighted by Gasteiger charge is -1.98. The zero-order chi connectivity index (χ0) is 6.97. The van der Waals surface area contributed by atoms with Crippen LogP contribution in [0, 0.1) is 0 Å². The summed E-state index contributed by atoms with van der Waals surface area (Å²) in [6, 6.07) is 2.01. The molecule has 0 atom stereocenters. The first-order chi connectivity index (χ1) is 4.88. The second-order valence-electron chi connectivity index (χ2n) is 2.30. The van der Waals surface area contributed by atoms with E-state index in [4.69, 9.17) is 0 Å². The summed E-state index contributed by atoms with van der Waals surface area (Å²) in [7, 11) is 0. The van der Waals surface area contributed by atoms with Crippen molar-refractivity contribution in [1.82, 2.24) is 4.98 Å². The van der Waals surface area contributed by atoms with Gasteiger partial charge >= 0.3 is 0 Å². The molecule has 1 aromatic heterocycles. The van der Waals surface area contributed by atoms with E-state index in [1.54, 1.807) is 6.20 Å². The van der Waals surface area contributed by atoms with E-state index in [0.717, 1.165) is 17.6 Å². The third kappa shape index (κ3) is 0.814. The number of aromatic nitrogens is 1. The summed E-state index contributed by atoms with van der Waals surface area (Å²) < 4.78 is 0.981. The van der Waals surface area contributed by atoms with Gasteiger partial charge < -0.3 is 5.32 Å². The summed E-state index contributed by atoms with van der Waals surface area (Å²) in [4.78, 5) is 4.13. The van der Waals surface area contributed by atoms with Crippen LogP contribution in [-0.2, 0) is 6.42 Å². The molecule has 3 heteroatoms. The highest BCUT2D eigenvalue weighted by Crippen LogP contribution is 2.26. The van der Waals surface area contributed by atoms with E-state index in [2.05, 4.69) is 26.2 Å². The van der Waals surface area contributed by atoms with Gasteiger partial charge in [0.2, 0.25) is 0 Å². The van der Waals surface area contributed by atoms with Crippen LogP contribution in [0.25, 0.3) is 0 Å². The lowest BCUT2D eigenvalue weighted by Crippen LogP contribution is -1.90. The van der Waals surface area contributed by atoms with Crippen LogP contribution in [0.2, 0.25) is 0 Å². The molecule has 2 rings (SSSR count). The van der Waals surface area contributed by atoms with Crippen LogP contribution in [0.3, 0.4) is 0 Å². The smallest absolute Gasteiger partial charge is 0.111 e. The zero-order valence-corrected chi connectivity index (χ0v) is 6.98. The van der Waals surface area contributed by atoms with Gasteiger partial charge in [0.25, 0.3) is 0 Å². The number of hydrogen-bond acceptors (Lipinski definition) is 2. The van der Waals surface area contributed by atoms with Crippen molar-refractivity contribution in [3.63, 3.8) is 0 Å². The molecule has 1 aliphatic heterocycles. The number of hydrogen-bond donors (Lipinski definition) is 1. The van der Waals surface area contributed by atoms with E-state index >= 15 is 0 Å². The molecule has 0 saturated heterocycles. The Bertz CT molecular complexity index is 260. The normalized spacial score (nSPS) is 14.5. The van der Waals surface area contributed by atoms with Gasteiger partial charge in [-0.25, -0.2) is 4.98 Å². The average molecular weight is 199 g/mol. The average Bonchev–Trinajstić information content (AvgIpc) is 2.36. The van der Waals surface area contributed by atoms with E-state index < -0.39 is 0 Å². The van der Waals surface area contributed by atoms with Crippen LogP contribution < -0.4 is 5.32 Å². The predicted molar refractivity (Wildman–Crippen MR) is 44.1 cm³/mol. The summed E-state index contributed by atoms with van der Waals surface area (Å²) in [6.07, 6.45) is 2.89. The van der Waals surface area contributed by atoms with Gasteiger partial charge in [0.15, 0.2) is 0 Å². The van der Waals surface area contributed by atoms with Crippen molar-refractivity contribution in [1.29, 1.82) is 0 Å². The highest BCUT2D eigenvalue weighted by atomic mass is 79.9. The van der Waals surface area contributed by atoms with E-state index in [0.29, 0.717) is 0 Å². The molecule has 1 aliphatic rings. The molecule has 0 amide bonds. The van der Waals surface area contributed by atoms with Crippen LogP contribution in [0.1, 0.15) is 5.56 Å². The topological polar surface area (TPSA) is 24.9 Å². The molecule has 0 spiro atoms. The second-order valence-corrected chi connectivity index (χ2v) is 3.06. The minimum absolute atomic E-state index is 0.981. The van der Waals surface area contributed by atoms with Crippen molar-refractivity contribution in [3.05, 3.63) is 22.4 Å². The van der Waals surface area contributed by atoms with Gasteiger partial charge in [-0.1, -0.05) is 0 Å². The fourth-order valence-electron chi connectivity index (χ4n) is 1.19. The van der Waals surface area contributed by atoms with Gasteiger partial charge in [0.05, 0.1) is 0 Å². The molecule has 2 heterocycles. The molecule has 1 N–H and O–H groups in total. The van der Waals surface area contributed by atoms with Crippen LogP contribution in [0.15, 0.2) is 16.9 Å². The molecule has 0 aromatic carbocycles. The molecule has 0 unspecified atom stereocenters. The number of halogens is 1. The van der Waals surface area contributed by atoms with E-state index in [9.17, 15) is 0 Å². The van der Waals surface area contributed by atoms with Crippen LogP contribution in [0.4, 0.5) is 5.69 Å². The number of anilines is 1. The lowest BCUT2D eigenvalue weighted by molar-refractivity contribution is 1.08. The summed E-state index contributed by atoms with van der Waals surface area (Å²) in [5.41, 5.74) is 2.53. The van der Waals surface area contributed by atoms with Gasteiger partial charge in [-0.3, -0.25) is 0 Å². The predicted octanol–water partition coefficient (Wildman–Crippen LogP) is 1.81. The summed E-state index contributed by atoms with van der Waals surface area (Å²) in [5.74, 6) is 0. The SMILES string of the molecule is Brc1nccc2c1CCN2. The van der Waals surface area contributed by atoms with E-state index in [1.165, 1.54) is 11.3 Å². The quantitative estimate of drug-likeness (QED) is 0.644. The van der Waals surface area contributed by atoms with Crippen molar-refractivity contribution in [3.8, 4) is 0 Å². The fraction of sp³-hybridized carbons (Fsp3) is 0.286. The zero-order valence-electron chi connectivity index (χ0n) is 5.39. The van der Waals surface area contributed by atoms with Crippen LogP contribution in [0.5, 0.6) is 0 Å². The van der Waals surface area contributed by atoms with Crippen LogP contribution in [-0.4, -0.2) is 11.5 Å². The third-order valence-electron chi connectivity index (χ3n) is 1.69. The third-order valence-corrected chi connectivity index (χ3v) is 2.38. The van der Waals surface area contributed by atoms with Crippen molar-refractivity contribution in [2.75, 3.05) is 11.9 Å². The van der Waals surface area contributed by atoms with Crippen molar-refractivity contribution in [2.24, 2.45) is 0 Å². The Morgan fingerprint density at radius 2 is 2.50 bits per heavy atom.